The van der Waals surface area contributed by atoms with Gasteiger partial charge in [-0.05, 0) is 12.8 Å². The molecule has 0 spiro atoms. The summed E-state index contributed by atoms with van der Waals surface area (Å²) in [7, 11) is 0. The predicted octanol–water partition coefficient (Wildman–Crippen LogP) is 1.98. The molecule has 0 unspecified atom stereocenters. The Morgan fingerprint density at radius 2 is 2.14 bits per heavy atom. The summed E-state index contributed by atoms with van der Waals surface area (Å²) < 4.78 is 5.84. The number of rotatable bonds is 1. The largest absolute Gasteiger partial charge is 0.445 e. The molecule has 0 amide bonds. The highest BCUT2D eigenvalue weighted by Crippen LogP contribution is 2.34. The Hall–Kier alpha value is -0.830. The Morgan fingerprint density at radius 3 is 2.93 bits per heavy atom. The SMILES string of the molecule is C1CCC(c2nc3c(o2)CCNC3)C1. The van der Waals surface area contributed by atoms with Crippen LogP contribution in [-0.2, 0) is 13.0 Å². The number of fused-ring (bicyclic) bond motifs is 1. The van der Waals surface area contributed by atoms with Gasteiger partial charge in [-0.15, -0.1) is 0 Å². The van der Waals surface area contributed by atoms with E-state index in [1.165, 1.54) is 25.7 Å². The molecule has 3 heteroatoms. The lowest BCUT2D eigenvalue weighted by molar-refractivity contribution is 0.409. The first-order chi connectivity index (χ1) is 6.93. The number of hydrogen-bond donors (Lipinski definition) is 1. The summed E-state index contributed by atoms with van der Waals surface area (Å²) in [5, 5.41) is 3.32. The van der Waals surface area contributed by atoms with Crippen molar-refractivity contribution < 1.29 is 4.42 Å². The van der Waals surface area contributed by atoms with E-state index in [0.29, 0.717) is 5.92 Å². The van der Waals surface area contributed by atoms with Gasteiger partial charge in [0.1, 0.15) is 5.76 Å². The van der Waals surface area contributed by atoms with Gasteiger partial charge in [0.15, 0.2) is 5.89 Å². The summed E-state index contributed by atoms with van der Waals surface area (Å²) >= 11 is 0. The Kier molecular flexibility index (Phi) is 2.05. The van der Waals surface area contributed by atoms with Gasteiger partial charge in [-0.25, -0.2) is 4.98 Å². The van der Waals surface area contributed by atoms with Crippen LogP contribution in [0.2, 0.25) is 0 Å². The molecule has 1 fully saturated rings. The maximum Gasteiger partial charge on any atom is 0.197 e. The fourth-order valence-electron chi connectivity index (χ4n) is 2.49. The third-order valence-electron chi connectivity index (χ3n) is 3.32. The summed E-state index contributed by atoms with van der Waals surface area (Å²) in [4.78, 5) is 4.60. The number of oxazole rings is 1. The van der Waals surface area contributed by atoms with Crippen molar-refractivity contribution in [2.75, 3.05) is 6.54 Å². The maximum absolute atomic E-state index is 5.84. The van der Waals surface area contributed by atoms with Gasteiger partial charge in [0.25, 0.3) is 0 Å². The zero-order valence-corrected chi connectivity index (χ0v) is 8.38. The van der Waals surface area contributed by atoms with Gasteiger partial charge in [0, 0.05) is 25.4 Å². The summed E-state index contributed by atoms with van der Waals surface area (Å²) in [6.07, 6.45) is 6.24. The van der Waals surface area contributed by atoms with Crippen LogP contribution in [0.5, 0.6) is 0 Å². The lowest BCUT2D eigenvalue weighted by atomic mass is 10.1. The number of hydrogen-bond acceptors (Lipinski definition) is 3. The van der Waals surface area contributed by atoms with Crippen LogP contribution in [0.15, 0.2) is 4.42 Å². The maximum atomic E-state index is 5.84. The normalized spacial score (nSPS) is 22.6. The van der Waals surface area contributed by atoms with Crippen molar-refractivity contribution in [1.82, 2.24) is 10.3 Å². The summed E-state index contributed by atoms with van der Waals surface area (Å²) in [5.74, 6) is 2.75. The number of nitrogens with zero attached hydrogens (tertiary/aromatic N) is 1. The van der Waals surface area contributed by atoms with E-state index >= 15 is 0 Å². The van der Waals surface area contributed by atoms with Crippen molar-refractivity contribution in [3.63, 3.8) is 0 Å². The molecule has 0 bridgehead atoms. The molecule has 3 rings (SSSR count). The zero-order valence-electron chi connectivity index (χ0n) is 8.38. The average molecular weight is 192 g/mol. The van der Waals surface area contributed by atoms with Crippen molar-refractivity contribution in [3.8, 4) is 0 Å². The summed E-state index contributed by atoms with van der Waals surface area (Å²) in [6, 6.07) is 0. The monoisotopic (exact) mass is 192 g/mol. The van der Waals surface area contributed by atoms with Crippen LogP contribution >= 0.6 is 0 Å². The molecule has 1 aromatic heterocycles. The van der Waals surface area contributed by atoms with Gasteiger partial charge in [-0.2, -0.15) is 0 Å². The van der Waals surface area contributed by atoms with Gasteiger partial charge in [-0.3, -0.25) is 0 Å². The van der Waals surface area contributed by atoms with Crippen molar-refractivity contribution in [3.05, 3.63) is 17.3 Å². The molecular weight excluding hydrogens is 176 g/mol. The standard InChI is InChI=1S/C11H16N2O/c1-2-4-8(3-1)11-13-9-7-12-6-5-10(9)14-11/h8,12H,1-7H2. The van der Waals surface area contributed by atoms with Crippen molar-refractivity contribution in [2.24, 2.45) is 0 Å². The van der Waals surface area contributed by atoms with Crippen LogP contribution in [0, 0.1) is 0 Å². The lowest BCUT2D eigenvalue weighted by Gasteiger charge is -2.08. The second-order valence-corrected chi connectivity index (χ2v) is 4.33. The predicted molar refractivity (Wildman–Crippen MR) is 53.1 cm³/mol. The molecule has 76 valence electrons. The zero-order chi connectivity index (χ0) is 9.38. The van der Waals surface area contributed by atoms with Crippen LogP contribution in [0.1, 0.15) is 48.9 Å². The molecule has 2 heterocycles. The van der Waals surface area contributed by atoms with E-state index in [0.717, 1.165) is 36.9 Å². The molecule has 0 saturated heterocycles. The van der Waals surface area contributed by atoms with E-state index in [1.807, 2.05) is 0 Å². The van der Waals surface area contributed by atoms with Gasteiger partial charge in [0.2, 0.25) is 0 Å². The summed E-state index contributed by atoms with van der Waals surface area (Å²) in [6.45, 7) is 1.93. The molecule has 1 aliphatic heterocycles. The second-order valence-electron chi connectivity index (χ2n) is 4.33. The number of nitrogens with one attached hydrogen (secondary N) is 1. The van der Waals surface area contributed by atoms with Crippen molar-refractivity contribution in [1.29, 1.82) is 0 Å². The average Bonchev–Trinajstić information content (AvgIpc) is 2.86. The Balaban J connectivity index is 1.87. The topological polar surface area (TPSA) is 38.1 Å². The molecule has 3 nitrogen and oxygen atoms in total. The molecule has 0 aromatic carbocycles. The first kappa shape index (κ1) is 8.48. The molecule has 0 atom stereocenters. The quantitative estimate of drug-likeness (QED) is 0.739. The van der Waals surface area contributed by atoms with E-state index in [1.54, 1.807) is 0 Å². The third-order valence-corrected chi connectivity index (χ3v) is 3.32. The Bertz CT molecular complexity index is 303. The molecule has 14 heavy (non-hydrogen) atoms. The van der Waals surface area contributed by atoms with Crippen LogP contribution in [0.25, 0.3) is 0 Å². The van der Waals surface area contributed by atoms with E-state index in [4.69, 9.17) is 4.42 Å². The Labute approximate surface area is 83.9 Å². The van der Waals surface area contributed by atoms with E-state index < -0.39 is 0 Å². The minimum Gasteiger partial charge on any atom is -0.445 e. The highest BCUT2D eigenvalue weighted by atomic mass is 16.4. The smallest absolute Gasteiger partial charge is 0.197 e. The highest BCUT2D eigenvalue weighted by molar-refractivity contribution is 5.15. The van der Waals surface area contributed by atoms with Gasteiger partial charge < -0.3 is 9.73 Å². The minimum absolute atomic E-state index is 0.612. The fraction of sp³-hybridized carbons (Fsp3) is 0.727. The van der Waals surface area contributed by atoms with Gasteiger partial charge in [-0.1, -0.05) is 12.8 Å². The molecule has 1 aromatic rings. The highest BCUT2D eigenvalue weighted by Gasteiger charge is 2.24. The fourth-order valence-corrected chi connectivity index (χ4v) is 2.49. The van der Waals surface area contributed by atoms with Crippen LogP contribution in [0.4, 0.5) is 0 Å². The molecule has 2 aliphatic rings. The lowest BCUT2D eigenvalue weighted by Crippen LogP contribution is -2.22. The molecular formula is C11H16N2O. The van der Waals surface area contributed by atoms with Gasteiger partial charge in [0.05, 0.1) is 5.69 Å². The number of aromatic nitrogens is 1. The first-order valence-electron chi connectivity index (χ1n) is 5.62. The molecule has 1 N–H and O–H groups in total. The molecule has 1 saturated carbocycles. The van der Waals surface area contributed by atoms with Crippen LogP contribution < -0.4 is 5.32 Å². The minimum atomic E-state index is 0.612. The van der Waals surface area contributed by atoms with Crippen molar-refractivity contribution >= 4 is 0 Å². The molecule has 0 radical (unpaired) electrons. The van der Waals surface area contributed by atoms with Crippen molar-refractivity contribution in [2.45, 2.75) is 44.6 Å². The molecule has 1 aliphatic carbocycles. The van der Waals surface area contributed by atoms with E-state index in [2.05, 4.69) is 10.3 Å². The van der Waals surface area contributed by atoms with E-state index in [9.17, 15) is 0 Å². The first-order valence-corrected chi connectivity index (χ1v) is 5.62. The third kappa shape index (κ3) is 1.36. The van der Waals surface area contributed by atoms with E-state index in [-0.39, 0.29) is 0 Å². The van der Waals surface area contributed by atoms with Crippen LogP contribution in [0.3, 0.4) is 0 Å². The Morgan fingerprint density at radius 1 is 1.29 bits per heavy atom. The van der Waals surface area contributed by atoms with Crippen LogP contribution in [-0.4, -0.2) is 11.5 Å². The second kappa shape index (κ2) is 3.39. The van der Waals surface area contributed by atoms with Gasteiger partial charge >= 0.3 is 0 Å². The summed E-state index contributed by atoms with van der Waals surface area (Å²) in [5.41, 5.74) is 1.15.